The molecule has 0 aromatic heterocycles. The van der Waals surface area contributed by atoms with Crippen molar-refractivity contribution in [1.82, 2.24) is 4.90 Å². The highest BCUT2D eigenvalue weighted by Crippen LogP contribution is 2.02. The van der Waals surface area contributed by atoms with Gasteiger partial charge in [0.05, 0.1) is 25.9 Å². The van der Waals surface area contributed by atoms with Gasteiger partial charge in [-0.05, 0) is 0 Å². The third kappa shape index (κ3) is 2.35. The van der Waals surface area contributed by atoms with Crippen molar-refractivity contribution in [2.75, 3.05) is 33.4 Å². The maximum absolute atomic E-state index is 10.6. The lowest BCUT2D eigenvalue weighted by molar-refractivity contribution is 0.0233. The zero-order chi connectivity index (χ0) is 8.97. The van der Waals surface area contributed by atoms with Crippen molar-refractivity contribution in [3.63, 3.8) is 0 Å². The van der Waals surface area contributed by atoms with Crippen molar-refractivity contribution in [1.29, 1.82) is 0 Å². The molecule has 0 aromatic carbocycles. The zero-order valence-corrected chi connectivity index (χ0v) is 7.02. The van der Waals surface area contributed by atoms with Gasteiger partial charge in [0, 0.05) is 13.7 Å². The molecule has 1 unspecified atom stereocenters. The van der Waals surface area contributed by atoms with Gasteiger partial charge in [-0.2, -0.15) is 0 Å². The Morgan fingerprint density at radius 2 is 2.50 bits per heavy atom. The van der Waals surface area contributed by atoms with E-state index in [9.17, 15) is 4.79 Å². The Morgan fingerprint density at radius 1 is 1.75 bits per heavy atom. The highest BCUT2D eigenvalue weighted by molar-refractivity contribution is 5.64. The van der Waals surface area contributed by atoms with Gasteiger partial charge in [0.2, 0.25) is 0 Å². The number of ether oxygens (including phenoxy) is 2. The average molecular weight is 175 g/mol. The van der Waals surface area contributed by atoms with Gasteiger partial charge in [-0.25, -0.2) is 4.79 Å². The van der Waals surface area contributed by atoms with Crippen molar-refractivity contribution >= 4 is 6.09 Å². The van der Waals surface area contributed by atoms with Gasteiger partial charge < -0.3 is 19.5 Å². The predicted octanol–water partition coefficient (Wildman–Crippen LogP) is 0.0116. The first-order valence-corrected chi connectivity index (χ1v) is 3.82. The van der Waals surface area contributed by atoms with E-state index in [1.807, 2.05) is 0 Å². The number of carboxylic acid groups (broad SMARTS) is 1. The second-order valence-electron chi connectivity index (χ2n) is 2.66. The summed E-state index contributed by atoms with van der Waals surface area (Å²) in [5.41, 5.74) is 0. The second-order valence-corrected chi connectivity index (χ2v) is 2.66. The maximum atomic E-state index is 10.6. The van der Waals surface area contributed by atoms with E-state index in [0.29, 0.717) is 26.3 Å². The number of rotatable bonds is 1. The Kier molecular flexibility index (Phi) is 3.31. The summed E-state index contributed by atoms with van der Waals surface area (Å²) in [5, 5.41) is 8.69. The molecule has 0 spiro atoms. The lowest BCUT2D eigenvalue weighted by Crippen LogP contribution is -2.37. The van der Waals surface area contributed by atoms with Crippen LogP contribution >= 0.6 is 0 Å². The fraction of sp³-hybridized carbons (Fsp3) is 0.857. The van der Waals surface area contributed by atoms with Gasteiger partial charge in [-0.1, -0.05) is 0 Å². The molecule has 1 N–H and O–H groups in total. The van der Waals surface area contributed by atoms with E-state index in [4.69, 9.17) is 14.6 Å². The number of methoxy groups -OCH3 is 1. The molecule has 5 nitrogen and oxygen atoms in total. The Balaban J connectivity index is 2.47. The molecule has 12 heavy (non-hydrogen) atoms. The van der Waals surface area contributed by atoms with E-state index in [1.165, 1.54) is 4.90 Å². The van der Waals surface area contributed by atoms with Crippen molar-refractivity contribution < 1.29 is 19.4 Å². The number of hydrogen-bond donors (Lipinski definition) is 1. The highest BCUT2D eigenvalue weighted by Gasteiger charge is 2.21. The van der Waals surface area contributed by atoms with Crippen LogP contribution in [0.15, 0.2) is 0 Å². The van der Waals surface area contributed by atoms with Gasteiger partial charge in [-0.3, -0.25) is 0 Å². The van der Waals surface area contributed by atoms with Crippen molar-refractivity contribution in [2.45, 2.75) is 6.10 Å². The fourth-order valence-electron chi connectivity index (χ4n) is 1.10. The Bertz CT molecular complexity index is 161. The summed E-state index contributed by atoms with van der Waals surface area (Å²) in [4.78, 5) is 11.9. The highest BCUT2D eigenvalue weighted by atomic mass is 16.5. The first-order valence-electron chi connectivity index (χ1n) is 3.82. The minimum Gasteiger partial charge on any atom is -0.465 e. The molecule has 1 heterocycles. The molecular formula is C7H13NO4. The van der Waals surface area contributed by atoms with Crippen LogP contribution in [0.25, 0.3) is 0 Å². The summed E-state index contributed by atoms with van der Waals surface area (Å²) in [6.07, 6.45) is -1.05. The molecule has 1 aliphatic heterocycles. The van der Waals surface area contributed by atoms with E-state index in [0.717, 1.165) is 0 Å². The Hall–Kier alpha value is -0.810. The summed E-state index contributed by atoms with van der Waals surface area (Å²) in [6.45, 7) is 1.74. The quantitative estimate of drug-likeness (QED) is 0.610. The van der Waals surface area contributed by atoms with E-state index < -0.39 is 6.09 Å². The first-order chi connectivity index (χ1) is 5.74. The molecule has 0 saturated carbocycles. The largest absolute Gasteiger partial charge is 0.465 e. The molecule has 1 fully saturated rings. The number of hydrogen-bond acceptors (Lipinski definition) is 3. The maximum Gasteiger partial charge on any atom is 0.407 e. The molecule has 1 rings (SSSR count). The molecule has 1 atom stereocenters. The fourth-order valence-corrected chi connectivity index (χ4v) is 1.10. The van der Waals surface area contributed by atoms with Crippen LogP contribution < -0.4 is 0 Å². The number of carbonyl (C=O) groups is 1. The Labute approximate surface area is 70.9 Å². The molecular weight excluding hydrogens is 162 g/mol. The lowest BCUT2D eigenvalue weighted by Gasteiger charge is -2.18. The van der Waals surface area contributed by atoms with Crippen molar-refractivity contribution in [3.05, 3.63) is 0 Å². The van der Waals surface area contributed by atoms with Gasteiger partial charge in [-0.15, -0.1) is 0 Å². The summed E-state index contributed by atoms with van der Waals surface area (Å²) >= 11 is 0. The molecule has 70 valence electrons. The van der Waals surface area contributed by atoms with E-state index in [-0.39, 0.29) is 6.10 Å². The summed E-state index contributed by atoms with van der Waals surface area (Å²) in [7, 11) is 1.55. The predicted molar refractivity (Wildman–Crippen MR) is 41.2 cm³/mol. The molecule has 0 aliphatic carbocycles. The van der Waals surface area contributed by atoms with Crippen LogP contribution in [-0.2, 0) is 9.47 Å². The van der Waals surface area contributed by atoms with Crippen LogP contribution in [0.1, 0.15) is 0 Å². The topological polar surface area (TPSA) is 59.0 Å². The average Bonchev–Trinajstić information content (AvgIpc) is 2.28. The minimum atomic E-state index is -0.914. The zero-order valence-electron chi connectivity index (χ0n) is 7.02. The van der Waals surface area contributed by atoms with Gasteiger partial charge in [0.1, 0.15) is 0 Å². The number of amides is 1. The van der Waals surface area contributed by atoms with E-state index >= 15 is 0 Å². The Morgan fingerprint density at radius 3 is 3.08 bits per heavy atom. The smallest absolute Gasteiger partial charge is 0.407 e. The second kappa shape index (κ2) is 4.27. The standard InChI is InChI=1S/C7H13NO4/c1-11-6-4-8(7(9)10)2-3-12-5-6/h6H,2-5H2,1H3,(H,9,10). The molecule has 1 amide bonds. The van der Waals surface area contributed by atoms with E-state index in [1.54, 1.807) is 7.11 Å². The van der Waals surface area contributed by atoms with Crippen molar-refractivity contribution in [2.24, 2.45) is 0 Å². The van der Waals surface area contributed by atoms with Gasteiger partial charge >= 0.3 is 6.09 Å². The van der Waals surface area contributed by atoms with Crippen LogP contribution in [0.3, 0.4) is 0 Å². The molecule has 1 saturated heterocycles. The van der Waals surface area contributed by atoms with Gasteiger partial charge in [0.25, 0.3) is 0 Å². The van der Waals surface area contributed by atoms with Crippen molar-refractivity contribution in [3.8, 4) is 0 Å². The van der Waals surface area contributed by atoms with Crippen LogP contribution in [0.2, 0.25) is 0 Å². The molecule has 5 heteroatoms. The molecule has 0 aromatic rings. The van der Waals surface area contributed by atoms with Crippen LogP contribution in [0.4, 0.5) is 4.79 Å². The summed E-state index contributed by atoms with van der Waals surface area (Å²) in [6, 6.07) is 0. The summed E-state index contributed by atoms with van der Waals surface area (Å²) in [5.74, 6) is 0. The van der Waals surface area contributed by atoms with Crippen LogP contribution in [0.5, 0.6) is 0 Å². The third-order valence-corrected chi connectivity index (χ3v) is 1.84. The van der Waals surface area contributed by atoms with Crippen LogP contribution in [-0.4, -0.2) is 55.6 Å². The molecule has 0 bridgehead atoms. The van der Waals surface area contributed by atoms with Crippen LogP contribution in [0, 0.1) is 0 Å². The SMILES string of the molecule is COC1COCCN(C(=O)O)C1. The summed E-state index contributed by atoms with van der Waals surface area (Å²) < 4.78 is 10.2. The molecule has 1 aliphatic rings. The monoisotopic (exact) mass is 175 g/mol. The first kappa shape index (κ1) is 9.28. The normalized spacial score (nSPS) is 25.1. The van der Waals surface area contributed by atoms with E-state index in [2.05, 4.69) is 0 Å². The molecule has 0 radical (unpaired) electrons. The van der Waals surface area contributed by atoms with Gasteiger partial charge in [0.15, 0.2) is 0 Å². The lowest BCUT2D eigenvalue weighted by atomic mass is 10.3. The number of nitrogens with zero attached hydrogens (tertiary/aromatic N) is 1. The third-order valence-electron chi connectivity index (χ3n) is 1.84. The minimum absolute atomic E-state index is 0.136.